The molecule has 21 heavy (non-hydrogen) atoms. The Labute approximate surface area is 138 Å². The fraction of sp³-hybridized carbons (Fsp3) is 0.105. The average molecular weight is 386 g/mol. The van der Waals surface area contributed by atoms with E-state index in [0.717, 1.165) is 20.3 Å². The van der Waals surface area contributed by atoms with Crippen molar-refractivity contribution in [3.8, 4) is 0 Å². The Bertz CT molecular complexity index is 821. The van der Waals surface area contributed by atoms with E-state index in [0.29, 0.717) is 6.42 Å². The van der Waals surface area contributed by atoms with Crippen molar-refractivity contribution >= 4 is 39.1 Å². The van der Waals surface area contributed by atoms with Crippen molar-refractivity contribution in [2.75, 3.05) is 0 Å². The van der Waals surface area contributed by atoms with E-state index in [1.165, 1.54) is 10.8 Å². The van der Waals surface area contributed by atoms with Crippen molar-refractivity contribution in [3.63, 3.8) is 0 Å². The van der Waals surface area contributed by atoms with Gasteiger partial charge in [-0.2, -0.15) is 0 Å². The zero-order valence-electron chi connectivity index (χ0n) is 11.8. The Morgan fingerprint density at radius 3 is 2.52 bits per heavy atom. The summed E-state index contributed by atoms with van der Waals surface area (Å²) in [6, 6.07) is 20.4. The van der Waals surface area contributed by atoms with E-state index in [4.69, 9.17) is 0 Å². The summed E-state index contributed by atoms with van der Waals surface area (Å²) in [7, 11) is 0. The molecule has 0 fully saturated rings. The van der Waals surface area contributed by atoms with Crippen LogP contribution in [0.25, 0.3) is 10.8 Å². The largest absolute Gasteiger partial charge is 0.294 e. The highest BCUT2D eigenvalue weighted by Crippen LogP contribution is 2.20. The SMILES string of the molecule is Cc1cccc(C(=O)Cc2ccc3ccccc3c2)c1I. The molecule has 0 heterocycles. The molecule has 0 unspecified atom stereocenters. The fourth-order valence-electron chi connectivity index (χ4n) is 2.49. The van der Waals surface area contributed by atoms with Crippen LogP contribution >= 0.6 is 22.6 Å². The number of hydrogen-bond donors (Lipinski definition) is 0. The maximum absolute atomic E-state index is 12.5. The molecule has 0 saturated carbocycles. The third-order valence-corrected chi connectivity index (χ3v) is 5.10. The summed E-state index contributed by atoms with van der Waals surface area (Å²) in [4.78, 5) is 12.5. The molecule has 3 aromatic rings. The van der Waals surface area contributed by atoms with Crippen LogP contribution in [-0.2, 0) is 6.42 Å². The minimum Gasteiger partial charge on any atom is -0.294 e. The number of benzene rings is 3. The summed E-state index contributed by atoms with van der Waals surface area (Å²) < 4.78 is 1.06. The van der Waals surface area contributed by atoms with Crippen LogP contribution in [-0.4, -0.2) is 5.78 Å². The number of rotatable bonds is 3. The number of halogens is 1. The lowest BCUT2D eigenvalue weighted by Gasteiger charge is -2.07. The van der Waals surface area contributed by atoms with Crippen molar-refractivity contribution in [2.24, 2.45) is 0 Å². The van der Waals surface area contributed by atoms with Crippen LogP contribution in [0.1, 0.15) is 21.5 Å². The minimum absolute atomic E-state index is 0.179. The maximum Gasteiger partial charge on any atom is 0.168 e. The van der Waals surface area contributed by atoms with Crippen LogP contribution in [0.4, 0.5) is 0 Å². The Hall–Kier alpha value is -1.68. The summed E-state index contributed by atoms with van der Waals surface area (Å²) in [6.45, 7) is 2.04. The number of fused-ring (bicyclic) bond motifs is 1. The molecule has 2 heteroatoms. The molecule has 104 valence electrons. The van der Waals surface area contributed by atoms with E-state index in [9.17, 15) is 4.79 Å². The number of Topliss-reactive ketones (excluding diaryl/α,β-unsaturated/α-hetero) is 1. The molecule has 0 aliphatic carbocycles. The fourth-order valence-corrected chi connectivity index (χ4v) is 3.15. The maximum atomic E-state index is 12.5. The quantitative estimate of drug-likeness (QED) is 0.448. The van der Waals surface area contributed by atoms with Crippen LogP contribution in [0.5, 0.6) is 0 Å². The third kappa shape index (κ3) is 3.00. The minimum atomic E-state index is 0.179. The molecule has 0 aliphatic rings. The number of ketones is 1. The first-order valence-electron chi connectivity index (χ1n) is 6.91. The first-order chi connectivity index (χ1) is 10.1. The second-order valence-electron chi connectivity index (χ2n) is 5.22. The first kappa shape index (κ1) is 14.3. The standard InChI is InChI=1S/C19H15IO/c1-13-5-4-8-17(19(13)20)18(21)12-14-9-10-15-6-2-3-7-16(15)11-14/h2-11H,12H2,1H3. The topological polar surface area (TPSA) is 17.1 Å². The smallest absolute Gasteiger partial charge is 0.168 e. The van der Waals surface area contributed by atoms with Gasteiger partial charge in [0.15, 0.2) is 5.78 Å². The molecule has 0 amide bonds. The lowest BCUT2D eigenvalue weighted by molar-refractivity contribution is 0.0992. The summed E-state index contributed by atoms with van der Waals surface area (Å²) in [6.07, 6.45) is 0.449. The Morgan fingerprint density at radius 2 is 1.71 bits per heavy atom. The van der Waals surface area contributed by atoms with Gasteiger partial charge in [0.25, 0.3) is 0 Å². The molecule has 3 rings (SSSR count). The molecule has 3 aromatic carbocycles. The third-order valence-electron chi connectivity index (χ3n) is 3.67. The zero-order valence-corrected chi connectivity index (χ0v) is 13.9. The van der Waals surface area contributed by atoms with Crippen LogP contribution < -0.4 is 0 Å². The normalized spacial score (nSPS) is 10.8. The summed E-state index contributed by atoms with van der Waals surface area (Å²) in [5.74, 6) is 0.179. The molecule has 0 aromatic heterocycles. The lowest BCUT2D eigenvalue weighted by Crippen LogP contribution is -2.06. The van der Waals surface area contributed by atoms with Crippen molar-refractivity contribution in [1.82, 2.24) is 0 Å². The van der Waals surface area contributed by atoms with Crippen LogP contribution in [0.2, 0.25) is 0 Å². The van der Waals surface area contributed by atoms with Gasteiger partial charge in [0, 0.05) is 15.6 Å². The van der Waals surface area contributed by atoms with E-state index in [1.807, 2.05) is 43.3 Å². The lowest BCUT2D eigenvalue weighted by atomic mass is 9.99. The highest BCUT2D eigenvalue weighted by atomic mass is 127. The number of aryl methyl sites for hydroxylation is 1. The van der Waals surface area contributed by atoms with Crippen molar-refractivity contribution in [3.05, 3.63) is 80.9 Å². The molecular weight excluding hydrogens is 371 g/mol. The molecular formula is C19H15IO. The van der Waals surface area contributed by atoms with Crippen molar-refractivity contribution in [2.45, 2.75) is 13.3 Å². The molecule has 0 spiro atoms. The predicted octanol–water partition coefficient (Wildman–Crippen LogP) is 5.18. The zero-order chi connectivity index (χ0) is 14.8. The molecule has 1 nitrogen and oxygen atoms in total. The van der Waals surface area contributed by atoms with Gasteiger partial charge in [0.05, 0.1) is 0 Å². The first-order valence-corrected chi connectivity index (χ1v) is 7.99. The molecule has 0 aliphatic heterocycles. The van der Waals surface area contributed by atoms with Crippen molar-refractivity contribution < 1.29 is 4.79 Å². The van der Waals surface area contributed by atoms with Gasteiger partial charge in [0.2, 0.25) is 0 Å². The van der Waals surface area contributed by atoms with Gasteiger partial charge in [-0.25, -0.2) is 0 Å². The summed E-state index contributed by atoms with van der Waals surface area (Å²) in [5.41, 5.74) is 3.04. The van der Waals surface area contributed by atoms with E-state index in [1.54, 1.807) is 0 Å². The van der Waals surface area contributed by atoms with E-state index >= 15 is 0 Å². The van der Waals surface area contributed by atoms with Gasteiger partial charge in [-0.1, -0.05) is 60.7 Å². The van der Waals surface area contributed by atoms with Crippen LogP contribution in [0.15, 0.2) is 60.7 Å². The van der Waals surface area contributed by atoms with Gasteiger partial charge in [-0.05, 0) is 51.4 Å². The van der Waals surface area contributed by atoms with Crippen LogP contribution in [0, 0.1) is 10.5 Å². The predicted molar refractivity (Wildman–Crippen MR) is 95.9 cm³/mol. The number of carbonyl (C=O) groups is 1. The molecule has 0 atom stereocenters. The van der Waals surface area contributed by atoms with E-state index in [-0.39, 0.29) is 5.78 Å². The van der Waals surface area contributed by atoms with Gasteiger partial charge in [-0.15, -0.1) is 0 Å². The molecule has 0 N–H and O–H groups in total. The highest BCUT2D eigenvalue weighted by molar-refractivity contribution is 14.1. The van der Waals surface area contributed by atoms with Crippen molar-refractivity contribution in [1.29, 1.82) is 0 Å². The van der Waals surface area contributed by atoms with Gasteiger partial charge in [0.1, 0.15) is 0 Å². The molecule has 0 radical (unpaired) electrons. The number of hydrogen-bond acceptors (Lipinski definition) is 1. The van der Waals surface area contributed by atoms with Gasteiger partial charge < -0.3 is 0 Å². The van der Waals surface area contributed by atoms with Gasteiger partial charge in [-0.3, -0.25) is 4.79 Å². The number of carbonyl (C=O) groups excluding carboxylic acids is 1. The molecule has 0 bridgehead atoms. The highest BCUT2D eigenvalue weighted by Gasteiger charge is 2.12. The van der Waals surface area contributed by atoms with Crippen LogP contribution in [0.3, 0.4) is 0 Å². The Kier molecular flexibility index (Phi) is 4.06. The van der Waals surface area contributed by atoms with Gasteiger partial charge >= 0.3 is 0 Å². The monoisotopic (exact) mass is 386 g/mol. The summed E-state index contributed by atoms with van der Waals surface area (Å²) in [5, 5.41) is 2.39. The summed E-state index contributed by atoms with van der Waals surface area (Å²) >= 11 is 2.26. The van der Waals surface area contributed by atoms with E-state index in [2.05, 4.69) is 46.9 Å². The molecule has 0 saturated heterocycles. The Morgan fingerprint density at radius 1 is 0.952 bits per heavy atom. The second-order valence-corrected chi connectivity index (χ2v) is 6.30. The second kappa shape index (κ2) is 5.98. The Balaban J connectivity index is 1.91. The average Bonchev–Trinajstić information content (AvgIpc) is 2.50. The van der Waals surface area contributed by atoms with E-state index < -0.39 is 0 Å².